The predicted octanol–water partition coefficient (Wildman–Crippen LogP) is -0.0366. The molecular weight excluding hydrogens is 198 g/mol. The van der Waals surface area contributed by atoms with Gasteiger partial charge in [-0.2, -0.15) is 5.10 Å². The number of hydrogen-bond donors (Lipinski definition) is 2. The first-order chi connectivity index (χ1) is 7.04. The van der Waals surface area contributed by atoms with Crippen LogP contribution in [0.3, 0.4) is 0 Å². The van der Waals surface area contributed by atoms with Crippen LogP contribution in [0.4, 0.5) is 0 Å². The molecule has 0 saturated heterocycles. The molecule has 15 heavy (non-hydrogen) atoms. The Hall–Kier alpha value is -1.85. The van der Waals surface area contributed by atoms with E-state index in [-0.39, 0.29) is 18.1 Å². The maximum atomic E-state index is 11.1. The topological polar surface area (TPSA) is 84.2 Å². The summed E-state index contributed by atoms with van der Waals surface area (Å²) >= 11 is 0. The number of rotatable bonds is 4. The number of aromatic nitrogens is 2. The Balaban J connectivity index is 2.68. The van der Waals surface area contributed by atoms with Crippen LogP contribution in [0.5, 0.6) is 0 Å². The number of carboxylic acids is 1. The van der Waals surface area contributed by atoms with E-state index in [1.54, 1.807) is 19.2 Å². The second-order valence-corrected chi connectivity index (χ2v) is 3.24. The summed E-state index contributed by atoms with van der Waals surface area (Å²) < 4.78 is 1.45. The Kier molecular flexibility index (Phi) is 3.43. The Morgan fingerprint density at radius 3 is 2.87 bits per heavy atom. The van der Waals surface area contributed by atoms with Gasteiger partial charge >= 0.3 is 5.97 Å². The van der Waals surface area contributed by atoms with Crippen molar-refractivity contribution in [3.05, 3.63) is 18.0 Å². The number of carbonyl (C=O) groups is 2. The van der Waals surface area contributed by atoms with E-state index in [0.717, 1.165) is 0 Å². The largest absolute Gasteiger partial charge is 0.481 e. The minimum atomic E-state index is -0.882. The van der Waals surface area contributed by atoms with E-state index in [1.807, 2.05) is 0 Å². The smallest absolute Gasteiger partial charge is 0.308 e. The molecule has 0 bridgehead atoms. The van der Waals surface area contributed by atoms with Crippen molar-refractivity contribution in [1.29, 1.82) is 0 Å². The minimum Gasteiger partial charge on any atom is -0.481 e. The summed E-state index contributed by atoms with van der Waals surface area (Å²) in [6, 6.07) is 1.55. The van der Waals surface area contributed by atoms with Crippen molar-refractivity contribution in [3.63, 3.8) is 0 Å². The third-order valence-corrected chi connectivity index (χ3v) is 1.98. The summed E-state index contributed by atoms with van der Waals surface area (Å²) in [5.41, 5.74) is 0.287. The lowest BCUT2D eigenvalue weighted by atomic mass is 10.2. The molecule has 6 heteroatoms. The number of carbonyl (C=O) groups excluding carboxylic acids is 1. The third kappa shape index (κ3) is 2.80. The van der Waals surface area contributed by atoms with Crippen LogP contribution in [0, 0.1) is 5.92 Å². The van der Waals surface area contributed by atoms with Crippen LogP contribution in [-0.2, 0) is 11.3 Å². The number of carboxylic acid groups (broad SMARTS) is 1. The molecule has 0 spiro atoms. The molecule has 0 aromatic carbocycles. The van der Waals surface area contributed by atoms with Gasteiger partial charge in [0.05, 0.1) is 12.5 Å². The minimum absolute atomic E-state index is 0.256. The van der Waals surface area contributed by atoms with E-state index >= 15 is 0 Å². The monoisotopic (exact) mass is 211 g/mol. The van der Waals surface area contributed by atoms with E-state index in [1.165, 1.54) is 11.7 Å². The SMILES string of the molecule is CNC(=O)c1ccn(CC(C)C(=O)O)n1. The molecule has 1 rings (SSSR count). The molecule has 82 valence electrons. The molecule has 1 aromatic heterocycles. The zero-order valence-corrected chi connectivity index (χ0v) is 8.60. The van der Waals surface area contributed by atoms with Gasteiger partial charge in [0.15, 0.2) is 0 Å². The Labute approximate surface area is 86.9 Å². The zero-order chi connectivity index (χ0) is 11.4. The predicted molar refractivity (Wildman–Crippen MR) is 52.4 cm³/mol. The fraction of sp³-hybridized carbons (Fsp3) is 0.444. The lowest BCUT2D eigenvalue weighted by Gasteiger charge is -2.05. The van der Waals surface area contributed by atoms with Crippen molar-refractivity contribution in [2.45, 2.75) is 13.5 Å². The van der Waals surface area contributed by atoms with Gasteiger partial charge in [0, 0.05) is 13.2 Å². The molecule has 0 fully saturated rings. The fourth-order valence-electron chi connectivity index (χ4n) is 1.07. The summed E-state index contributed by atoms with van der Waals surface area (Å²) in [6.45, 7) is 1.84. The van der Waals surface area contributed by atoms with Gasteiger partial charge in [0.1, 0.15) is 5.69 Å². The van der Waals surface area contributed by atoms with Gasteiger partial charge in [0.25, 0.3) is 5.91 Å². The molecule has 1 aromatic rings. The molecule has 1 amide bonds. The first kappa shape index (κ1) is 11.2. The average molecular weight is 211 g/mol. The molecule has 0 saturated carbocycles. The standard InChI is InChI=1S/C9H13N3O3/c1-6(9(14)15)5-12-4-3-7(11-12)8(13)10-2/h3-4,6H,5H2,1-2H3,(H,10,13)(H,14,15). The van der Waals surface area contributed by atoms with Gasteiger partial charge in [-0.05, 0) is 6.07 Å². The first-order valence-corrected chi connectivity index (χ1v) is 4.53. The number of nitrogens with one attached hydrogen (secondary N) is 1. The Bertz CT molecular complexity index is 372. The molecule has 0 aliphatic heterocycles. The van der Waals surface area contributed by atoms with Crippen molar-refractivity contribution < 1.29 is 14.7 Å². The van der Waals surface area contributed by atoms with Gasteiger partial charge < -0.3 is 10.4 Å². The van der Waals surface area contributed by atoms with Crippen LogP contribution < -0.4 is 5.32 Å². The quantitative estimate of drug-likeness (QED) is 0.732. The first-order valence-electron chi connectivity index (χ1n) is 4.53. The average Bonchev–Trinajstić information content (AvgIpc) is 2.65. The van der Waals surface area contributed by atoms with Crippen LogP contribution in [-0.4, -0.2) is 33.8 Å². The van der Waals surface area contributed by atoms with Gasteiger partial charge in [-0.1, -0.05) is 6.92 Å². The lowest BCUT2D eigenvalue weighted by molar-refractivity contribution is -0.141. The van der Waals surface area contributed by atoms with Crippen molar-refractivity contribution in [1.82, 2.24) is 15.1 Å². The van der Waals surface area contributed by atoms with Crippen molar-refractivity contribution in [3.8, 4) is 0 Å². The van der Waals surface area contributed by atoms with E-state index in [2.05, 4.69) is 10.4 Å². The molecule has 0 radical (unpaired) electrons. The number of aliphatic carboxylic acids is 1. The molecular formula is C9H13N3O3. The summed E-state index contributed by atoms with van der Waals surface area (Å²) in [7, 11) is 1.52. The van der Waals surface area contributed by atoms with Crippen molar-refractivity contribution in [2.24, 2.45) is 5.92 Å². The molecule has 0 aliphatic rings. The molecule has 1 unspecified atom stereocenters. The Morgan fingerprint density at radius 1 is 1.67 bits per heavy atom. The molecule has 6 nitrogen and oxygen atoms in total. The summed E-state index contributed by atoms with van der Waals surface area (Å²) in [6.07, 6.45) is 1.59. The highest BCUT2D eigenvalue weighted by Gasteiger charge is 2.13. The van der Waals surface area contributed by atoms with Crippen molar-refractivity contribution >= 4 is 11.9 Å². The molecule has 1 heterocycles. The molecule has 2 N–H and O–H groups in total. The molecule has 1 atom stereocenters. The highest BCUT2D eigenvalue weighted by Crippen LogP contribution is 2.02. The number of nitrogens with zero attached hydrogens (tertiary/aromatic N) is 2. The summed E-state index contributed by atoms with van der Waals surface area (Å²) in [4.78, 5) is 21.7. The maximum Gasteiger partial charge on any atom is 0.308 e. The van der Waals surface area contributed by atoms with Crippen molar-refractivity contribution in [2.75, 3.05) is 7.05 Å². The highest BCUT2D eigenvalue weighted by atomic mass is 16.4. The second kappa shape index (κ2) is 4.59. The highest BCUT2D eigenvalue weighted by molar-refractivity contribution is 5.91. The van der Waals surface area contributed by atoms with E-state index in [9.17, 15) is 9.59 Å². The van der Waals surface area contributed by atoms with E-state index < -0.39 is 11.9 Å². The van der Waals surface area contributed by atoms with Crippen LogP contribution in [0.2, 0.25) is 0 Å². The zero-order valence-electron chi connectivity index (χ0n) is 8.60. The van der Waals surface area contributed by atoms with Gasteiger partial charge in [0.2, 0.25) is 0 Å². The fourth-order valence-corrected chi connectivity index (χ4v) is 1.07. The Morgan fingerprint density at radius 2 is 2.33 bits per heavy atom. The molecule has 0 aliphatic carbocycles. The van der Waals surface area contributed by atoms with E-state index in [0.29, 0.717) is 0 Å². The third-order valence-electron chi connectivity index (χ3n) is 1.98. The summed E-state index contributed by atoms with van der Waals surface area (Å²) in [5, 5.41) is 15.1. The number of hydrogen-bond acceptors (Lipinski definition) is 3. The van der Waals surface area contributed by atoms with Gasteiger partial charge in [-0.15, -0.1) is 0 Å². The van der Waals surface area contributed by atoms with Crippen LogP contribution >= 0.6 is 0 Å². The normalized spacial score (nSPS) is 12.1. The second-order valence-electron chi connectivity index (χ2n) is 3.24. The van der Waals surface area contributed by atoms with Crippen LogP contribution in [0.25, 0.3) is 0 Å². The van der Waals surface area contributed by atoms with E-state index in [4.69, 9.17) is 5.11 Å². The van der Waals surface area contributed by atoms with Crippen LogP contribution in [0.15, 0.2) is 12.3 Å². The lowest BCUT2D eigenvalue weighted by Crippen LogP contribution is -2.20. The van der Waals surface area contributed by atoms with Crippen LogP contribution in [0.1, 0.15) is 17.4 Å². The van der Waals surface area contributed by atoms with Gasteiger partial charge in [-0.25, -0.2) is 0 Å². The maximum absolute atomic E-state index is 11.1. The van der Waals surface area contributed by atoms with Gasteiger partial charge in [-0.3, -0.25) is 14.3 Å². The number of amides is 1. The summed E-state index contributed by atoms with van der Waals surface area (Å²) in [5.74, 6) is -1.69.